The Bertz CT molecular complexity index is 4480. The molecule has 20 heteroatoms. The Morgan fingerprint density at radius 2 is 0.489 bits per heavy atom. The lowest BCUT2D eigenvalue weighted by molar-refractivity contribution is 0.387. The average Bonchev–Trinajstić information content (AvgIpc) is 1.69. The van der Waals surface area contributed by atoms with Crippen molar-refractivity contribution in [2.24, 2.45) is 0 Å². The van der Waals surface area contributed by atoms with E-state index in [1.54, 1.807) is 170 Å². The van der Waals surface area contributed by atoms with Crippen LogP contribution in [0.1, 0.15) is 93.5 Å². The van der Waals surface area contributed by atoms with Crippen LogP contribution >= 0.6 is 30.4 Å². The molecule has 4 unspecified atom stereocenters. The van der Waals surface area contributed by atoms with Crippen LogP contribution < -0.4 is 57.4 Å². The van der Waals surface area contributed by atoms with Crippen molar-refractivity contribution in [1.82, 2.24) is 19.9 Å². The highest BCUT2D eigenvalue weighted by molar-refractivity contribution is 7.64. The van der Waals surface area contributed by atoms with Crippen LogP contribution in [0.4, 0.5) is 0 Å². The van der Waals surface area contributed by atoms with Gasteiger partial charge in [-0.05, 0) is 182 Å². The van der Waals surface area contributed by atoms with Crippen molar-refractivity contribution in [2.45, 2.75) is 36.5 Å². The lowest BCUT2D eigenvalue weighted by Gasteiger charge is -2.33. The minimum absolute atomic E-state index is 0.0106. The molecule has 0 fully saturated rings. The molecule has 0 spiro atoms. The zero-order chi connectivity index (χ0) is 60.8. The first-order valence-corrected chi connectivity index (χ1v) is 35.3. The molecule has 0 amide bonds. The summed E-state index contributed by atoms with van der Waals surface area (Å²) in [6.07, 6.45) is 0. The smallest absolute Gasteiger partial charge is 0.413 e. The molecule has 0 aliphatic carbocycles. The van der Waals surface area contributed by atoms with Crippen molar-refractivity contribution < 1.29 is 54.5 Å². The molecule has 9 heterocycles. The van der Waals surface area contributed by atoms with E-state index in [9.17, 15) is 0 Å². The number of nitrogens with one attached hydrogen (secondary N) is 4. The van der Waals surface area contributed by atoms with E-state index in [4.69, 9.17) is 36.2 Å². The lowest BCUT2D eigenvalue weighted by atomic mass is 9.76. The highest BCUT2D eigenvalue weighted by Gasteiger charge is 2.45. The molecule has 444 valence electrons. The SMILES string of the molecule is CC12c3cc4cc(c3)OP(=O)(c3ccccc3)Oc3cc5cc(c3)C(c3ccc1[nH]3)c1ccc([nH]1)C1(C)c3cc(cc(c3)OP(=O)(c3ccccc3)O5)OP(=O)(c3ccccc3)Oc3cc(cc(c3)C(c3ccc2[nH]3)c2ccc1[nH]2)OP(=O)(c1ccccc1)O4. The summed E-state index contributed by atoms with van der Waals surface area (Å²) in [6, 6.07) is 70.7. The van der Waals surface area contributed by atoms with E-state index < -0.39 is 53.0 Å². The van der Waals surface area contributed by atoms with Gasteiger partial charge in [-0.1, -0.05) is 72.8 Å². The van der Waals surface area contributed by atoms with Gasteiger partial charge in [-0.2, -0.15) is 0 Å². The number of H-pyrrole nitrogens is 4. The van der Waals surface area contributed by atoms with Gasteiger partial charge in [0.2, 0.25) is 0 Å². The van der Waals surface area contributed by atoms with Crippen LogP contribution in [0.5, 0.6) is 46.0 Å². The Labute approximate surface area is 516 Å². The lowest BCUT2D eigenvalue weighted by Crippen LogP contribution is -2.28. The minimum atomic E-state index is -4.64. The van der Waals surface area contributed by atoms with Gasteiger partial charge >= 0.3 is 30.4 Å². The van der Waals surface area contributed by atoms with Crippen LogP contribution in [-0.4, -0.2) is 19.9 Å². The van der Waals surface area contributed by atoms with Crippen LogP contribution in [0.3, 0.4) is 0 Å². The van der Waals surface area contributed by atoms with Gasteiger partial charge in [-0.15, -0.1) is 0 Å². The molecule has 8 aromatic carbocycles. The number of benzene rings is 8. The fourth-order valence-electron chi connectivity index (χ4n) is 13.2. The summed E-state index contributed by atoms with van der Waals surface area (Å²) in [5.41, 5.74) is 5.37. The zero-order valence-corrected chi connectivity index (χ0v) is 51.5. The van der Waals surface area contributed by atoms with Crippen molar-refractivity contribution >= 4 is 51.6 Å². The van der Waals surface area contributed by atoms with Crippen molar-refractivity contribution in [3.05, 3.63) is 310 Å². The van der Waals surface area contributed by atoms with Crippen LogP contribution in [0.25, 0.3) is 0 Å². The van der Waals surface area contributed by atoms with Crippen LogP contribution in [0.15, 0.2) is 243 Å². The Morgan fingerprint density at radius 1 is 0.278 bits per heavy atom. The molecule has 16 nitrogen and oxygen atoms in total. The first-order valence-electron chi connectivity index (χ1n) is 29.2. The second kappa shape index (κ2) is 19.9. The molecule has 0 saturated heterocycles. The predicted molar refractivity (Wildman–Crippen MR) is 342 cm³/mol. The number of aromatic amines is 4. The second-order valence-corrected chi connectivity index (χ2v) is 30.9. The standard InChI is InChI=1S/C70H52N4O12P4/c1-69-45-35-51-41-52(36-45)84-88(76,56-17-9-4-10-18-56)80-48-32-44-34-50(40-48)82-90(78,58-21-13-6-14-22-58)86-54-38-46-37-53(42-54)85-89(77,57-19-11-5-12-20-57)81-49-33-43(31-47(39-49)79-87(75,83-51)55-15-7-3-8-16-55)67(59-23-27-63(69)71-59)61-25-29-65(73-61)70(46,2)66-30-26-62(74-66)68(44)60-24-28-64(69)72-60/h3-42,67-68,71-74H,1-2H3. The Balaban J connectivity index is 1.07. The summed E-state index contributed by atoms with van der Waals surface area (Å²) < 4.78 is 122. The molecule has 4 aromatic heterocycles. The van der Waals surface area contributed by atoms with E-state index in [2.05, 4.69) is 33.8 Å². The molecule has 0 radical (unpaired) electrons. The monoisotopic (exact) mass is 1260 g/mol. The summed E-state index contributed by atoms with van der Waals surface area (Å²) in [5.74, 6) is -1.38. The number of rotatable bonds is 4. The highest BCUT2D eigenvalue weighted by atomic mass is 31.2. The molecule has 24 bridgehead atoms. The number of hydrogen-bond donors (Lipinski definition) is 4. The predicted octanol–water partition coefficient (Wildman–Crippen LogP) is 15.5. The molecule has 12 aromatic rings. The van der Waals surface area contributed by atoms with E-state index >= 15 is 18.3 Å². The van der Waals surface area contributed by atoms with Crippen LogP contribution in [-0.2, 0) is 29.1 Å². The normalized spacial score (nSPS) is 25.5. The zero-order valence-electron chi connectivity index (χ0n) is 47.9. The second-order valence-electron chi connectivity index (χ2n) is 23.3. The maximum Gasteiger partial charge on any atom is 0.462 e. The fourth-order valence-corrected chi connectivity index (χ4v) is 19.4. The van der Waals surface area contributed by atoms with Gasteiger partial charge in [0.15, 0.2) is 0 Å². The summed E-state index contributed by atoms with van der Waals surface area (Å²) in [4.78, 5) is 15.7. The molecular weight excluding hydrogens is 1210 g/mol. The third kappa shape index (κ3) is 8.79. The molecule has 5 aliphatic rings. The Kier molecular flexibility index (Phi) is 12.0. The van der Waals surface area contributed by atoms with E-state index in [-0.39, 0.29) is 67.2 Å². The van der Waals surface area contributed by atoms with E-state index in [1.165, 1.54) is 24.3 Å². The average molecular weight is 1270 g/mol. The van der Waals surface area contributed by atoms with Gasteiger partial charge < -0.3 is 56.1 Å². The molecule has 4 N–H and O–H groups in total. The first kappa shape index (κ1) is 54.4. The van der Waals surface area contributed by atoms with Gasteiger partial charge in [-0.3, -0.25) is 0 Å². The van der Waals surface area contributed by atoms with E-state index in [0.29, 0.717) is 67.8 Å². The van der Waals surface area contributed by atoms with Gasteiger partial charge in [-0.25, -0.2) is 18.3 Å². The number of fused-ring (bicyclic) bond motifs is 14. The maximum atomic E-state index is 16.6. The topological polar surface area (TPSA) is 205 Å². The van der Waals surface area contributed by atoms with E-state index in [1.807, 2.05) is 48.5 Å². The Hall–Kier alpha value is -9.80. The fraction of sp³-hybridized carbons (Fsp3) is 0.0857. The van der Waals surface area contributed by atoms with Crippen molar-refractivity contribution in [3.63, 3.8) is 0 Å². The third-order valence-electron chi connectivity index (χ3n) is 17.7. The minimum Gasteiger partial charge on any atom is -0.413 e. The Morgan fingerprint density at radius 3 is 0.711 bits per heavy atom. The highest BCUT2D eigenvalue weighted by Crippen LogP contribution is 2.59. The maximum absolute atomic E-state index is 16.6. The number of hydrogen-bond acceptors (Lipinski definition) is 12. The largest absolute Gasteiger partial charge is 0.462 e. The molecule has 17 rings (SSSR count). The van der Waals surface area contributed by atoms with Gasteiger partial charge in [0.25, 0.3) is 0 Å². The number of aromatic nitrogens is 4. The summed E-state index contributed by atoms with van der Waals surface area (Å²) >= 11 is 0. The van der Waals surface area contributed by atoms with E-state index in [0.717, 1.165) is 0 Å². The third-order valence-corrected chi connectivity index (χ3v) is 25.0. The van der Waals surface area contributed by atoms with Gasteiger partial charge in [0.1, 0.15) is 46.0 Å². The summed E-state index contributed by atoms with van der Waals surface area (Å²) in [6.45, 7) is 4.11. The molecule has 5 aliphatic heterocycles. The van der Waals surface area contributed by atoms with Crippen molar-refractivity contribution in [1.29, 1.82) is 0 Å². The molecule has 4 atom stereocenters. The molecule has 0 saturated carbocycles. The van der Waals surface area contributed by atoms with Crippen LogP contribution in [0.2, 0.25) is 0 Å². The van der Waals surface area contributed by atoms with Crippen molar-refractivity contribution in [2.75, 3.05) is 0 Å². The van der Waals surface area contributed by atoms with Gasteiger partial charge in [0, 0.05) is 69.8 Å². The quantitative estimate of drug-likeness (QED) is 0.122. The van der Waals surface area contributed by atoms with Crippen LogP contribution in [0, 0.1) is 0 Å². The van der Waals surface area contributed by atoms with Crippen molar-refractivity contribution in [3.8, 4) is 46.0 Å². The molecular formula is C70H52N4O12P4. The van der Waals surface area contributed by atoms with Gasteiger partial charge in [0.05, 0.1) is 43.9 Å². The summed E-state index contributed by atoms with van der Waals surface area (Å²) in [5, 5.41) is 0.755. The summed E-state index contributed by atoms with van der Waals surface area (Å²) in [7, 11) is -18.6. The first-order chi connectivity index (χ1) is 43.6. The molecule has 90 heavy (non-hydrogen) atoms.